The fourth-order valence-corrected chi connectivity index (χ4v) is 2.03. The second-order valence-corrected chi connectivity index (χ2v) is 4.91. The van der Waals surface area contributed by atoms with Gasteiger partial charge in [0.1, 0.15) is 23.5 Å². The molecule has 0 saturated heterocycles. The van der Waals surface area contributed by atoms with E-state index in [1.54, 1.807) is 31.2 Å². The van der Waals surface area contributed by atoms with Gasteiger partial charge < -0.3 is 10.5 Å². The molecule has 0 heterocycles. The molecule has 0 amide bonds. The van der Waals surface area contributed by atoms with E-state index < -0.39 is 23.8 Å². The molecule has 2 aromatic rings. The van der Waals surface area contributed by atoms with Crippen LogP contribution in [0, 0.1) is 11.6 Å². The Bertz CT molecular complexity index is 606. The van der Waals surface area contributed by atoms with Crippen molar-refractivity contribution in [3.63, 3.8) is 0 Å². The fourth-order valence-electron chi connectivity index (χ4n) is 1.85. The summed E-state index contributed by atoms with van der Waals surface area (Å²) in [5.41, 5.74) is 6.16. The Kier molecular flexibility index (Phi) is 4.57. The van der Waals surface area contributed by atoms with Crippen molar-refractivity contribution in [3.05, 3.63) is 64.7 Å². The van der Waals surface area contributed by atoms with Gasteiger partial charge in [-0.05, 0) is 31.2 Å². The predicted molar refractivity (Wildman–Crippen MR) is 74.8 cm³/mol. The minimum absolute atomic E-state index is 0.209. The lowest BCUT2D eigenvalue weighted by atomic mass is 10.0. The van der Waals surface area contributed by atoms with E-state index in [4.69, 9.17) is 22.1 Å². The van der Waals surface area contributed by atoms with Crippen molar-refractivity contribution < 1.29 is 13.5 Å². The largest absolute Gasteiger partial charge is 0.489 e. The van der Waals surface area contributed by atoms with Crippen LogP contribution >= 0.6 is 11.6 Å². The van der Waals surface area contributed by atoms with Crippen molar-refractivity contribution in [1.29, 1.82) is 0 Å². The minimum atomic E-state index is -0.713. The molecule has 0 aliphatic carbocycles. The number of ether oxygens (including phenoxy) is 1. The topological polar surface area (TPSA) is 35.2 Å². The van der Waals surface area contributed by atoms with E-state index in [2.05, 4.69) is 0 Å². The quantitative estimate of drug-likeness (QED) is 0.922. The van der Waals surface area contributed by atoms with Crippen LogP contribution in [0.15, 0.2) is 42.5 Å². The average molecular weight is 298 g/mol. The van der Waals surface area contributed by atoms with Crippen molar-refractivity contribution in [2.45, 2.75) is 19.1 Å². The first kappa shape index (κ1) is 14.8. The fraction of sp³-hybridized carbons (Fsp3) is 0.200. The van der Waals surface area contributed by atoms with Gasteiger partial charge in [-0.3, -0.25) is 0 Å². The van der Waals surface area contributed by atoms with Crippen LogP contribution in [0.3, 0.4) is 0 Å². The molecule has 0 aliphatic rings. The highest BCUT2D eigenvalue weighted by Gasteiger charge is 2.20. The summed E-state index contributed by atoms with van der Waals surface area (Å²) >= 11 is 5.85. The molecule has 0 aromatic heterocycles. The maximum Gasteiger partial charge on any atom is 0.131 e. The van der Waals surface area contributed by atoms with Gasteiger partial charge in [0, 0.05) is 16.7 Å². The molecule has 2 N–H and O–H groups in total. The van der Waals surface area contributed by atoms with Gasteiger partial charge in [0.05, 0.1) is 6.04 Å². The molecule has 2 atom stereocenters. The smallest absolute Gasteiger partial charge is 0.131 e. The van der Waals surface area contributed by atoms with Crippen molar-refractivity contribution in [2.75, 3.05) is 0 Å². The van der Waals surface area contributed by atoms with E-state index in [0.717, 1.165) is 6.07 Å². The monoisotopic (exact) mass is 297 g/mol. The van der Waals surface area contributed by atoms with Gasteiger partial charge in [-0.1, -0.05) is 23.7 Å². The summed E-state index contributed by atoms with van der Waals surface area (Å²) < 4.78 is 32.2. The summed E-state index contributed by atoms with van der Waals surface area (Å²) in [5, 5.41) is 0.538. The van der Waals surface area contributed by atoms with E-state index in [1.807, 2.05) is 0 Å². The highest BCUT2D eigenvalue weighted by molar-refractivity contribution is 6.30. The molecule has 5 heteroatoms. The van der Waals surface area contributed by atoms with E-state index in [0.29, 0.717) is 10.8 Å². The summed E-state index contributed by atoms with van der Waals surface area (Å²) in [5.74, 6) is -0.774. The van der Waals surface area contributed by atoms with Gasteiger partial charge in [0.15, 0.2) is 0 Å². The van der Waals surface area contributed by atoms with Crippen LogP contribution in [-0.4, -0.2) is 6.10 Å². The Hall–Kier alpha value is -1.65. The molecular weight excluding hydrogens is 284 g/mol. The number of hydrogen-bond acceptors (Lipinski definition) is 2. The highest BCUT2D eigenvalue weighted by atomic mass is 35.5. The number of benzene rings is 2. The molecule has 20 heavy (non-hydrogen) atoms. The summed E-state index contributed by atoms with van der Waals surface area (Å²) in [4.78, 5) is 0. The van der Waals surface area contributed by atoms with Crippen molar-refractivity contribution in [3.8, 4) is 5.75 Å². The number of hydrogen-bond donors (Lipinski definition) is 1. The molecule has 0 bridgehead atoms. The Morgan fingerprint density at radius 1 is 1.15 bits per heavy atom. The normalized spacial score (nSPS) is 13.8. The van der Waals surface area contributed by atoms with Crippen LogP contribution in [0.1, 0.15) is 18.5 Å². The van der Waals surface area contributed by atoms with Crippen LogP contribution < -0.4 is 10.5 Å². The second kappa shape index (κ2) is 6.20. The van der Waals surface area contributed by atoms with Gasteiger partial charge in [-0.2, -0.15) is 0 Å². The van der Waals surface area contributed by atoms with E-state index in [9.17, 15) is 8.78 Å². The first-order valence-corrected chi connectivity index (χ1v) is 6.48. The summed E-state index contributed by atoms with van der Waals surface area (Å²) in [6.07, 6.45) is -0.492. The standard InChI is InChI=1S/C15H14ClF2NO/c1-9(20-12-4-2-3-10(16)7-12)15(19)13-6-5-11(17)8-14(13)18/h2-9,15H,19H2,1H3. The summed E-state index contributed by atoms with van der Waals surface area (Å²) in [6, 6.07) is 9.43. The number of halogens is 3. The van der Waals surface area contributed by atoms with Crippen LogP contribution in [0.25, 0.3) is 0 Å². The van der Waals surface area contributed by atoms with E-state index in [1.165, 1.54) is 12.1 Å². The third kappa shape index (κ3) is 3.46. The first-order chi connectivity index (χ1) is 9.47. The van der Waals surface area contributed by atoms with Crippen molar-refractivity contribution in [2.24, 2.45) is 5.73 Å². The maximum atomic E-state index is 13.7. The Labute approximate surface area is 121 Å². The lowest BCUT2D eigenvalue weighted by Gasteiger charge is -2.22. The molecule has 2 rings (SSSR count). The molecule has 2 unspecified atom stereocenters. The Balaban J connectivity index is 2.14. The first-order valence-electron chi connectivity index (χ1n) is 6.10. The van der Waals surface area contributed by atoms with E-state index >= 15 is 0 Å². The molecule has 2 aromatic carbocycles. The minimum Gasteiger partial charge on any atom is -0.489 e. The van der Waals surface area contributed by atoms with Gasteiger partial charge in [0.2, 0.25) is 0 Å². The molecule has 0 saturated carbocycles. The number of nitrogens with two attached hydrogens (primary N) is 1. The zero-order valence-electron chi connectivity index (χ0n) is 10.8. The predicted octanol–water partition coefficient (Wildman–Crippen LogP) is 4.09. The second-order valence-electron chi connectivity index (χ2n) is 4.47. The highest BCUT2D eigenvalue weighted by Crippen LogP contribution is 2.24. The zero-order valence-corrected chi connectivity index (χ0v) is 11.6. The van der Waals surface area contributed by atoms with Crippen LogP contribution in [0.5, 0.6) is 5.75 Å². The van der Waals surface area contributed by atoms with Gasteiger partial charge in [-0.25, -0.2) is 8.78 Å². The summed E-state index contributed by atoms with van der Waals surface area (Å²) in [7, 11) is 0. The summed E-state index contributed by atoms with van der Waals surface area (Å²) in [6.45, 7) is 1.72. The average Bonchev–Trinajstić information content (AvgIpc) is 2.38. The zero-order chi connectivity index (χ0) is 14.7. The van der Waals surface area contributed by atoms with Gasteiger partial charge in [0.25, 0.3) is 0 Å². The third-order valence-corrected chi connectivity index (χ3v) is 3.18. The molecule has 0 aliphatic heterocycles. The molecule has 0 fully saturated rings. The van der Waals surface area contributed by atoms with Gasteiger partial charge in [-0.15, -0.1) is 0 Å². The SMILES string of the molecule is CC(Oc1cccc(Cl)c1)C(N)c1ccc(F)cc1F. The lowest BCUT2D eigenvalue weighted by Crippen LogP contribution is -2.29. The van der Waals surface area contributed by atoms with Crippen molar-refractivity contribution >= 4 is 11.6 Å². The van der Waals surface area contributed by atoms with Crippen molar-refractivity contribution in [1.82, 2.24) is 0 Å². The van der Waals surface area contributed by atoms with Crippen LogP contribution in [0.4, 0.5) is 8.78 Å². The Morgan fingerprint density at radius 2 is 1.90 bits per heavy atom. The van der Waals surface area contributed by atoms with E-state index in [-0.39, 0.29) is 5.56 Å². The van der Waals surface area contributed by atoms with Gasteiger partial charge >= 0.3 is 0 Å². The molecule has 0 spiro atoms. The molecule has 2 nitrogen and oxygen atoms in total. The Morgan fingerprint density at radius 3 is 2.55 bits per heavy atom. The third-order valence-electron chi connectivity index (χ3n) is 2.95. The van der Waals surface area contributed by atoms with Crippen LogP contribution in [-0.2, 0) is 0 Å². The maximum absolute atomic E-state index is 13.7. The molecule has 0 radical (unpaired) electrons. The van der Waals surface area contributed by atoms with Crippen LogP contribution in [0.2, 0.25) is 5.02 Å². The molecular formula is C15H14ClF2NO. The number of rotatable bonds is 4. The molecule has 106 valence electrons. The lowest BCUT2D eigenvalue weighted by molar-refractivity contribution is 0.188.